The summed E-state index contributed by atoms with van der Waals surface area (Å²) < 4.78 is 0. The van der Waals surface area contributed by atoms with Crippen LogP contribution in [0, 0.1) is 5.92 Å². The fraction of sp³-hybridized carbons (Fsp3) is 0.929. The minimum absolute atomic E-state index is 0.119. The van der Waals surface area contributed by atoms with Crippen LogP contribution in [0.1, 0.15) is 65.2 Å². The molecule has 0 unspecified atom stereocenters. The van der Waals surface area contributed by atoms with Crippen molar-refractivity contribution in [3.05, 3.63) is 0 Å². The van der Waals surface area contributed by atoms with Crippen molar-refractivity contribution in [2.75, 3.05) is 6.54 Å². The molecule has 0 spiro atoms. The first-order valence-electron chi connectivity index (χ1n) is 7.08. The van der Waals surface area contributed by atoms with E-state index < -0.39 is 5.97 Å². The second-order valence-corrected chi connectivity index (χ2v) is 5.51. The molecule has 3 heteroatoms. The maximum atomic E-state index is 11.0. The van der Waals surface area contributed by atoms with Gasteiger partial charge in [0.2, 0.25) is 0 Å². The summed E-state index contributed by atoms with van der Waals surface area (Å²) in [6, 6.07) is 0. The molecule has 17 heavy (non-hydrogen) atoms. The van der Waals surface area contributed by atoms with Crippen LogP contribution in [0.25, 0.3) is 0 Å². The molecule has 0 aliphatic heterocycles. The second-order valence-electron chi connectivity index (χ2n) is 5.51. The molecular formula is C14H27NO2. The predicted molar refractivity (Wildman–Crippen MR) is 70.1 cm³/mol. The van der Waals surface area contributed by atoms with Gasteiger partial charge in [-0.1, -0.05) is 26.7 Å². The minimum atomic E-state index is -0.664. The zero-order valence-electron chi connectivity index (χ0n) is 11.3. The highest BCUT2D eigenvalue weighted by Gasteiger charge is 2.36. The first-order valence-corrected chi connectivity index (χ1v) is 7.08. The molecule has 0 bridgehead atoms. The molecule has 1 fully saturated rings. The van der Waals surface area contributed by atoms with Gasteiger partial charge in [0, 0.05) is 5.54 Å². The van der Waals surface area contributed by atoms with Gasteiger partial charge in [-0.25, -0.2) is 0 Å². The number of hydrogen-bond donors (Lipinski definition) is 2. The molecule has 0 atom stereocenters. The highest BCUT2D eigenvalue weighted by atomic mass is 16.4. The minimum Gasteiger partial charge on any atom is -0.481 e. The van der Waals surface area contributed by atoms with E-state index in [-0.39, 0.29) is 12.0 Å². The van der Waals surface area contributed by atoms with E-state index in [0.29, 0.717) is 0 Å². The van der Waals surface area contributed by atoms with Crippen LogP contribution in [-0.4, -0.2) is 23.2 Å². The van der Waals surface area contributed by atoms with E-state index in [1.807, 2.05) is 0 Å². The van der Waals surface area contributed by atoms with E-state index in [0.717, 1.165) is 31.7 Å². The highest BCUT2D eigenvalue weighted by molar-refractivity contribution is 5.68. The summed E-state index contributed by atoms with van der Waals surface area (Å²) in [5.41, 5.74) is -0.119. The number of aliphatic carboxylic acids is 1. The number of carbonyl (C=O) groups is 1. The van der Waals surface area contributed by atoms with Crippen LogP contribution < -0.4 is 5.32 Å². The van der Waals surface area contributed by atoms with Crippen LogP contribution in [0.5, 0.6) is 0 Å². The van der Waals surface area contributed by atoms with Crippen molar-refractivity contribution in [2.45, 2.75) is 70.8 Å². The Morgan fingerprint density at radius 3 is 2.41 bits per heavy atom. The molecule has 0 aromatic rings. The van der Waals surface area contributed by atoms with Crippen molar-refractivity contribution in [2.24, 2.45) is 5.92 Å². The lowest BCUT2D eigenvalue weighted by atomic mass is 9.73. The number of hydrogen-bond acceptors (Lipinski definition) is 2. The van der Waals surface area contributed by atoms with Gasteiger partial charge in [-0.05, 0) is 44.6 Å². The summed E-state index contributed by atoms with van der Waals surface area (Å²) in [6.07, 6.45) is 8.35. The fourth-order valence-corrected chi connectivity index (χ4v) is 3.02. The third-order valence-electron chi connectivity index (χ3n) is 4.00. The summed E-state index contributed by atoms with van der Waals surface area (Å²) in [5, 5.41) is 12.6. The molecule has 1 aliphatic rings. The van der Waals surface area contributed by atoms with E-state index in [4.69, 9.17) is 5.11 Å². The van der Waals surface area contributed by atoms with E-state index >= 15 is 0 Å². The molecule has 0 heterocycles. The van der Waals surface area contributed by atoms with Gasteiger partial charge in [-0.15, -0.1) is 0 Å². The van der Waals surface area contributed by atoms with Crippen LogP contribution >= 0.6 is 0 Å². The molecule has 1 aliphatic carbocycles. The first kappa shape index (κ1) is 14.5. The first-order chi connectivity index (χ1) is 8.12. The van der Waals surface area contributed by atoms with Crippen molar-refractivity contribution >= 4 is 5.97 Å². The van der Waals surface area contributed by atoms with Crippen LogP contribution in [-0.2, 0) is 4.79 Å². The molecular weight excluding hydrogens is 214 g/mol. The third kappa shape index (κ3) is 4.66. The van der Waals surface area contributed by atoms with Crippen molar-refractivity contribution in [3.8, 4) is 0 Å². The fourth-order valence-electron chi connectivity index (χ4n) is 3.02. The number of carboxylic acids is 1. The lowest BCUT2D eigenvalue weighted by Crippen LogP contribution is -2.49. The Morgan fingerprint density at radius 1 is 1.29 bits per heavy atom. The van der Waals surface area contributed by atoms with Gasteiger partial charge in [-0.3, -0.25) is 4.79 Å². The molecule has 2 N–H and O–H groups in total. The van der Waals surface area contributed by atoms with E-state index in [1.54, 1.807) is 0 Å². The molecule has 1 rings (SSSR count). The smallest absolute Gasteiger partial charge is 0.305 e. The second kappa shape index (κ2) is 7.00. The predicted octanol–water partition coefficient (Wildman–Crippen LogP) is 3.19. The van der Waals surface area contributed by atoms with Gasteiger partial charge in [-0.2, -0.15) is 0 Å². The lowest BCUT2D eigenvalue weighted by Gasteiger charge is -2.40. The molecule has 0 aromatic carbocycles. The Labute approximate surface area is 105 Å². The van der Waals surface area contributed by atoms with Gasteiger partial charge in [0.15, 0.2) is 0 Å². The quantitative estimate of drug-likeness (QED) is 0.719. The van der Waals surface area contributed by atoms with Crippen molar-refractivity contribution in [1.82, 2.24) is 5.32 Å². The Kier molecular flexibility index (Phi) is 5.96. The molecule has 0 amide bonds. The lowest BCUT2D eigenvalue weighted by molar-refractivity contribution is -0.139. The van der Waals surface area contributed by atoms with Crippen molar-refractivity contribution in [3.63, 3.8) is 0 Å². The van der Waals surface area contributed by atoms with E-state index in [9.17, 15) is 4.79 Å². The molecule has 3 nitrogen and oxygen atoms in total. The standard InChI is InChI=1S/C14H27NO2/c1-3-5-12-6-8-14(9-7-12,11-13(16)17)15-10-4-2/h12,15H,3-11H2,1-2H3,(H,16,17). The SMILES string of the molecule is CCCNC1(CC(=O)O)CCC(CCC)CC1. The summed E-state index contributed by atoms with van der Waals surface area (Å²) >= 11 is 0. The van der Waals surface area contributed by atoms with Crippen LogP contribution in [0.2, 0.25) is 0 Å². The average molecular weight is 241 g/mol. The summed E-state index contributed by atoms with van der Waals surface area (Å²) in [6.45, 7) is 5.30. The number of carboxylic acid groups (broad SMARTS) is 1. The van der Waals surface area contributed by atoms with Gasteiger partial charge in [0.05, 0.1) is 6.42 Å². The third-order valence-corrected chi connectivity index (χ3v) is 4.00. The Bertz CT molecular complexity index is 232. The maximum absolute atomic E-state index is 11.0. The molecule has 0 radical (unpaired) electrons. The van der Waals surface area contributed by atoms with Crippen molar-refractivity contribution in [1.29, 1.82) is 0 Å². The van der Waals surface area contributed by atoms with Gasteiger partial charge in [0.1, 0.15) is 0 Å². The van der Waals surface area contributed by atoms with Crippen LogP contribution in [0.3, 0.4) is 0 Å². The maximum Gasteiger partial charge on any atom is 0.305 e. The topological polar surface area (TPSA) is 49.3 Å². The molecule has 100 valence electrons. The van der Waals surface area contributed by atoms with E-state index in [1.165, 1.54) is 25.7 Å². The zero-order valence-corrected chi connectivity index (χ0v) is 11.3. The van der Waals surface area contributed by atoms with Gasteiger partial charge >= 0.3 is 5.97 Å². The van der Waals surface area contributed by atoms with Crippen molar-refractivity contribution < 1.29 is 9.90 Å². The van der Waals surface area contributed by atoms with Gasteiger partial charge in [0.25, 0.3) is 0 Å². The highest BCUT2D eigenvalue weighted by Crippen LogP contribution is 2.36. The average Bonchev–Trinajstić information content (AvgIpc) is 2.29. The molecule has 1 saturated carbocycles. The zero-order chi connectivity index (χ0) is 12.7. The van der Waals surface area contributed by atoms with E-state index in [2.05, 4.69) is 19.2 Å². The monoisotopic (exact) mass is 241 g/mol. The molecule has 0 saturated heterocycles. The molecule has 0 aromatic heterocycles. The Morgan fingerprint density at radius 2 is 1.94 bits per heavy atom. The summed E-state index contributed by atoms with van der Waals surface area (Å²) in [7, 11) is 0. The van der Waals surface area contributed by atoms with Crippen LogP contribution in [0.4, 0.5) is 0 Å². The normalized spacial score (nSPS) is 29.2. The van der Waals surface area contributed by atoms with Crippen LogP contribution in [0.15, 0.2) is 0 Å². The Balaban J connectivity index is 2.51. The summed E-state index contributed by atoms with van der Waals surface area (Å²) in [5.74, 6) is 0.160. The number of rotatable bonds is 7. The van der Waals surface area contributed by atoms with Gasteiger partial charge < -0.3 is 10.4 Å². The largest absolute Gasteiger partial charge is 0.481 e. The Hall–Kier alpha value is -0.570. The number of nitrogens with one attached hydrogen (secondary N) is 1. The summed E-state index contributed by atoms with van der Waals surface area (Å²) in [4.78, 5) is 11.0.